The first-order chi connectivity index (χ1) is 10.3. The van der Waals surface area contributed by atoms with E-state index in [2.05, 4.69) is 0 Å². The van der Waals surface area contributed by atoms with Crippen LogP contribution in [0.4, 0.5) is 0 Å². The number of benzene rings is 2. The molecule has 0 atom stereocenters. The third-order valence-corrected chi connectivity index (χ3v) is 3.37. The topological polar surface area (TPSA) is 31.2 Å². The quantitative estimate of drug-likeness (QED) is 0.733. The second-order valence-electron chi connectivity index (χ2n) is 4.69. The molecular weight excluding hydrogens is 262 g/mol. The van der Waals surface area contributed by atoms with E-state index in [0.29, 0.717) is 0 Å². The number of hydrogen-bond acceptors (Lipinski definition) is 2. The summed E-state index contributed by atoms with van der Waals surface area (Å²) in [6, 6.07) is 20.8. The summed E-state index contributed by atoms with van der Waals surface area (Å²) in [7, 11) is 1.64. The van der Waals surface area contributed by atoms with Crippen LogP contribution in [0, 0.1) is 0 Å². The highest BCUT2D eigenvalue weighted by Crippen LogP contribution is 2.22. The number of rotatable bonds is 3. The molecule has 0 saturated carbocycles. The largest absolute Gasteiger partial charge is 0.497 e. The Balaban J connectivity index is 2.06. The Bertz CT molecular complexity index is 789. The number of methoxy groups -OCH3 is 1. The predicted octanol–water partition coefficient (Wildman–Crippen LogP) is 3.51. The number of para-hydroxylation sites is 1. The third-order valence-electron chi connectivity index (χ3n) is 3.37. The van der Waals surface area contributed by atoms with E-state index in [1.165, 1.54) is 0 Å². The van der Waals surface area contributed by atoms with Gasteiger partial charge in [-0.3, -0.25) is 9.36 Å². The minimum absolute atomic E-state index is 0.0431. The molecule has 0 saturated heterocycles. The van der Waals surface area contributed by atoms with Crippen LogP contribution in [0.3, 0.4) is 0 Å². The van der Waals surface area contributed by atoms with Gasteiger partial charge in [0.15, 0.2) is 0 Å². The summed E-state index contributed by atoms with van der Waals surface area (Å²) in [5.74, 6) is 0.815. The normalized spacial score (nSPS) is 10.3. The van der Waals surface area contributed by atoms with Gasteiger partial charge in [-0.05, 0) is 41.5 Å². The molecule has 0 aliphatic carbocycles. The van der Waals surface area contributed by atoms with Crippen LogP contribution < -0.4 is 10.3 Å². The lowest BCUT2D eigenvalue weighted by atomic mass is 10.1. The molecule has 0 radical (unpaired) electrons. The summed E-state index contributed by atoms with van der Waals surface area (Å²) < 4.78 is 6.81. The Hall–Kier alpha value is -2.81. The summed E-state index contributed by atoms with van der Waals surface area (Å²) in [6.45, 7) is 0. The number of ether oxygens (including phenoxy) is 1. The molecule has 0 amide bonds. The molecule has 0 aliphatic rings. The lowest BCUT2D eigenvalue weighted by Gasteiger charge is -2.09. The standard InChI is InChI=1S/C18H15NO2/c1-21-17-10-7-14(8-11-17)15-9-12-18(20)19(13-15)16-5-3-2-4-6-16/h2-13H,1H3. The molecule has 104 valence electrons. The van der Waals surface area contributed by atoms with Crippen molar-refractivity contribution >= 4 is 0 Å². The zero-order valence-corrected chi connectivity index (χ0v) is 11.7. The summed E-state index contributed by atoms with van der Waals surface area (Å²) in [5, 5.41) is 0. The molecule has 3 aromatic rings. The van der Waals surface area contributed by atoms with Crippen LogP contribution in [0.15, 0.2) is 77.7 Å². The van der Waals surface area contributed by atoms with Gasteiger partial charge in [0, 0.05) is 18.0 Å². The first-order valence-corrected chi connectivity index (χ1v) is 6.70. The van der Waals surface area contributed by atoms with Crippen molar-refractivity contribution in [1.82, 2.24) is 4.57 Å². The Morgan fingerprint density at radius 3 is 2.14 bits per heavy atom. The number of hydrogen-bond donors (Lipinski definition) is 0. The van der Waals surface area contributed by atoms with Crippen molar-refractivity contribution < 1.29 is 4.74 Å². The molecule has 2 aromatic carbocycles. The van der Waals surface area contributed by atoms with Crippen LogP contribution in [0.1, 0.15) is 0 Å². The van der Waals surface area contributed by atoms with Crippen molar-refractivity contribution in [2.24, 2.45) is 0 Å². The van der Waals surface area contributed by atoms with Crippen molar-refractivity contribution in [3.63, 3.8) is 0 Å². The maximum absolute atomic E-state index is 12.0. The highest BCUT2D eigenvalue weighted by atomic mass is 16.5. The lowest BCUT2D eigenvalue weighted by Crippen LogP contribution is -2.16. The second-order valence-corrected chi connectivity index (χ2v) is 4.69. The van der Waals surface area contributed by atoms with E-state index in [-0.39, 0.29) is 5.56 Å². The minimum Gasteiger partial charge on any atom is -0.497 e. The molecule has 3 heteroatoms. The van der Waals surface area contributed by atoms with Crippen LogP contribution in [-0.2, 0) is 0 Å². The maximum atomic E-state index is 12.0. The fourth-order valence-corrected chi connectivity index (χ4v) is 2.23. The van der Waals surface area contributed by atoms with Gasteiger partial charge >= 0.3 is 0 Å². The van der Waals surface area contributed by atoms with Gasteiger partial charge in [0.2, 0.25) is 0 Å². The van der Waals surface area contributed by atoms with Gasteiger partial charge < -0.3 is 4.74 Å². The Morgan fingerprint density at radius 1 is 0.810 bits per heavy atom. The van der Waals surface area contributed by atoms with Crippen LogP contribution in [0.25, 0.3) is 16.8 Å². The van der Waals surface area contributed by atoms with Gasteiger partial charge in [-0.1, -0.05) is 30.3 Å². The Morgan fingerprint density at radius 2 is 1.48 bits per heavy atom. The van der Waals surface area contributed by atoms with E-state index in [0.717, 1.165) is 22.6 Å². The van der Waals surface area contributed by atoms with Crippen LogP contribution in [-0.4, -0.2) is 11.7 Å². The summed E-state index contributed by atoms with van der Waals surface area (Å²) in [5.41, 5.74) is 2.85. The van der Waals surface area contributed by atoms with E-state index in [1.807, 2.05) is 66.9 Å². The molecule has 0 N–H and O–H groups in total. The average molecular weight is 277 g/mol. The summed E-state index contributed by atoms with van der Waals surface area (Å²) in [4.78, 5) is 12.0. The molecule has 0 unspecified atom stereocenters. The van der Waals surface area contributed by atoms with Gasteiger partial charge in [0.05, 0.1) is 7.11 Å². The van der Waals surface area contributed by atoms with Crippen LogP contribution in [0.5, 0.6) is 5.75 Å². The van der Waals surface area contributed by atoms with Crippen molar-refractivity contribution in [2.45, 2.75) is 0 Å². The molecule has 3 rings (SSSR count). The van der Waals surface area contributed by atoms with Crippen LogP contribution >= 0.6 is 0 Å². The van der Waals surface area contributed by atoms with E-state index in [4.69, 9.17) is 4.74 Å². The monoisotopic (exact) mass is 277 g/mol. The zero-order chi connectivity index (χ0) is 14.7. The fraction of sp³-hybridized carbons (Fsp3) is 0.0556. The number of pyridine rings is 1. The Labute approximate surface area is 123 Å². The van der Waals surface area contributed by atoms with Gasteiger partial charge in [-0.2, -0.15) is 0 Å². The molecule has 0 spiro atoms. The van der Waals surface area contributed by atoms with Crippen LogP contribution in [0.2, 0.25) is 0 Å². The SMILES string of the molecule is COc1ccc(-c2ccc(=O)n(-c3ccccc3)c2)cc1. The molecule has 0 aliphatic heterocycles. The highest BCUT2D eigenvalue weighted by molar-refractivity contribution is 5.63. The first kappa shape index (κ1) is 13.2. The highest BCUT2D eigenvalue weighted by Gasteiger charge is 2.03. The molecule has 0 bridgehead atoms. The van der Waals surface area contributed by atoms with Gasteiger partial charge in [0.25, 0.3) is 5.56 Å². The molecule has 3 nitrogen and oxygen atoms in total. The second kappa shape index (κ2) is 5.67. The van der Waals surface area contributed by atoms with Gasteiger partial charge in [-0.15, -0.1) is 0 Å². The van der Waals surface area contributed by atoms with Crippen molar-refractivity contribution in [3.8, 4) is 22.6 Å². The van der Waals surface area contributed by atoms with Crippen molar-refractivity contribution in [1.29, 1.82) is 0 Å². The smallest absolute Gasteiger partial charge is 0.255 e. The molecule has 0 fully saturated rings. The Kier molecular flexibility index (Phi) is 3.56. The zero-order valence-electron chi connectivity index (χ0n) is 11.7. The number of aromatic nitrogens is 1. The van der Waals surface area contributed by atoms with Gasteiger partial charge in [-0.25, -0.2) is 0 Å². The summed E-state index contributed by atoms with van der Waals surface area (Å²) in [6.07, 6.45) is 1.86. The predicted molar refractivity (Wildman–Crippen MR) is 84.0 cm³/mol. The van der Waals surface area contributed by atoms with E-state index >= 15 is 0 Å². The van der Waals surface area contributed by atoms with E-state index in [9.17, 15) is 4.79 Å². The number of nitrogens with zero attached hydrogens (tertiary/aromatic N) is 1. The summed E-state index contributed by atoms with van der Waals surface area (Å²) >= 11 is 0. The average Bonchev–Trinajstić information content (AvgIpc) is 2.56. The van der Waals surface area contributed by atoms with Crippen molar-refractivity contribution in [2.75, 3.05) is 7.11 Å². The maximum Gasteiger partial charge on any atom is 0.255 e. The van der Waals surface area contributed by atoms with E-state index < -0.39 is 0 Å². The van der Waals surface area contributed by atoms with E-state index in [1.54, 1.807) is 17.7 Å². The van der Waals surface area contributed by atoms with Crippen molar-refractivity contribution in [3.05, 3.63) is 83.3 Å². The third kappa shape index (κ3) is 2.72. The minimum atomic E-state index is -0.0431. The molecule has 1 aromatic heterocycles. The molecule has 21 heavy (non-hydrogen) atoms. The van der Waals surface area contributed by atoms with Gasteiger partial charge in [0.1, 0.15) is 5.75 Å². The molecular formula is C18H15NO2. The fourth-order valence-electron chi connectivity index (χ4n) is 2.23. The lowest BCUT2D eigenvalue weighted by molar-refractivity contribution is 0.415. The molecule has 1 heterocycles. The first-order valence-electron chi connectivity index (χ1n) is 6.70.